The van der Waals surface area contributed by atoms with Crippen molar-refractivity contribution in [2.75, 3.05) is 4.90 Å². The van der Waals surface area contributed by atoms with Crippen molar-refractivity contribution in [3.63, 3.8) is 0 Å². The second-order valence-electron chi connectivity index (χ2n) is 8.79. The molecule has 0 bridgehead atoms. The summed E-state index contributed by atoms with van der Waals surface area (Å²) in [5.74, 6) is 0.917. The number of rotatable bonds is 4. The highest BCUT2D eigenvalue weighted by atomic mass is 79.9. The minimum Gasteiger partial charge on any atom is -0.351 e. The summed E-state index contributed by atoms with van der Waals surface area (Å²) < 4.78 is 3.30. The molecule has 0 amide bonds. The summed E-state index contributed by atoms with van der Waals surface area (Å²) in [6.07, 6.45) is 3.75. The molecule has 0 aliphatic carbocycles. The lowest BCUT2D eigenvalue weighted by atomic mass is 9.96. The van der Waals surface area contributed by atoms with E-state index in [0.717, 1.165) is 44.2 Å². The lowest BCUT2D eigenvalue weighted by molar-refractivity contribution is 0.565. The summed E-state index contributed by atoms with van der Waals surface area (Å²) in [5.41, 5.74) is 7.80. The predicted octanol–water partition coefficient (Wildman–Crippen LogP) is 6.44. The van der Waals surface area contributed by atoms with E-state index in [1.54, 1.807) is 0 Å². The summed E-state index contributed by atoms with van der Waals surface area (Å²) in [6, 6.07) is 18.7. The fraction of sp³-hybridized carbons (Fsp3) is 0.222. The van der Waals surface area contributed by atoms with Crippen molar-refractivity contribution in [3.05, 3.63) is 105 Å². The van der Waals surface area contributed by atoms with E-state index < -0.39 is 0 Å². The second-order valence-corrected chi connectivity index (χ2v) is 10.0. The first-order valence-corrected chi connectivity index (χ1v) is 12.4. The number of benzene rings is 1. The number of halogens is 1. The highest BCUT2D eigenvalue weighted by Gasteiger charge is 2.42. The third kappa shape index (κ3) is 3.93. The third-order valence-corrected chi connectivity index (χ3v) is 7.64. The van der Waals surface area contributed by atoms with Crippen LogP contribution in [0.15, 0.2) is 71.5 Å². The number of pyridine rings is 2. The minimum atomic E-state index is -0.0856. The molecule has 2 atom stereocenters. The van der Waals surface area contributed by atoms with Crippen LogP contribution in [0.5, 0.6) is 0 Å². The SMILES string of the molecule is Cc1ccc(-n2c(C)cc([C@@H]3[C@@H](c4ccccn4)NC(=S)N3c3ccc(Br)c(C)c3)c2C)nc1. The molecular formula is C27H26BrN5S. The standard InChI is InChI=1S/C27H26BrN5S/c1-16-8-11-24(30-15-16)32-18(3)14-21(19(32)4)26-25(23-7-5-6-12-29-23)31-27(34)33(26)20-9-10-22(28)17(2)13-20/h5-15,25-26H,1-4H3,(H,31,34)/t25-,26-/m1/s1. The Hall–Kier alpha value is -3.03. The number of thiocarbonyl (C=S) groups is 1. The number of aromatic nitrogens is 3. The number of hydrogen-bond acceptors (Lipinski definition) is 3. The van der Waals surface area contributed by atoms with Gasteiger partial charge in [0.15, 0.2) is 5.11 Å². The highest BCUT2D eigenvalue weighted by molar-refractivity contribution is 9.10. The topological polar surface area (TPSA) is 46.0 Å². The second kappa shape index (κ2) is 8.96. The van der Waals surface area contributed by atoms with Gasteiger partial charge in [0.1, 0.15) is 5.82 Å². The molecule has 1 saturated heterocycles. The molecule has 0 spiro atoms. The van der Waals surface area contributed by atoms with E-state index in [0.29, 0.717) is 5.11 Å². The maximum Gasteiger partial charge on any atom is 0.174 e. The maximum atomic E-state index is 5.90. The molecule has 1 aromatic carbocycles. The molecule has 0 unspecified atom stereocenters. The van der Waals surface area contributed by atoms with E-state index >= 15 is 0 Å². The molecule has 1 fully saturated rings. The van der Waals surface area contributed by atoms with Gasteiger partial charge < -0.3 is 14.8 Å². The number of nitrogens with one attached hydrogen (secondary N) is 1. The largest absolute Gasteiger partial charge is 0.351 e. The quantitative estimate of drug-likeness (QED) is 0.307. The molecular weight excluding hydrogens is 506 g/mol. The Morgan fingerprint density at radius 1 is 0.971 bits per heavy atom. The summed E-state index contributed by atoms with van der Waals surface area (Å²) in [5, 5.41) is 4.26. The van der Waals surface area contributed by atoms with Crippen LogP contribution in [-0.2, 0) is 0 Å². The van der Waals surface area contributed by atoms with Crippen molar-refractivity contribution in [1.82, 2.24) is 19.9 Å². The van der Waals surface area contributed by atoms with Crippen molar-refractivity contribution < 1.29 is 0 Å². The summed E-state index contributed by atoms with van der Waals surface area (Å²) >= 11 is 9.53. The zero-order valence-corrected chi connectivity index (χ0v) is 22.0. The van der Waals surface area contributed by atoms with Gasteiger partial charge >= 0.3 is 0 Å². The lowest BCUT2D eigenvalue weighted by Crippen LogP contribution is -2.29. The maximum absolute atomic E-state index is 5.90. The molecule has 5 nitrogen and oxygen atoms in total. The first-order chi connectivity index (χ1) is 16.3. The van der Waals surface area contributed by atoms with Crippen LogP contribution in [0.2, 0.25) is 0 Å². The van der Waals surface area contributed by atoms with Crippen LogP contribution >= 0.6 is 28.1 Å². The number of nitrogens with zero attached hydrogens (tertiary/aromatic N) is 4. The molecule has 7 heteroatoms. The van der Waals surface area contributed by atoms with Crippen LogP contribution in [0.1, 0.15) is 45.9 Å². The Morgan fingerprint density at radius 2 is 1.79 bits per heavy atom. The summed E-state index contributed by atoms with van der Waals surface area (Å²) in [7, 11) is 0. The molecule has 3 aromatic heterocycles. The van der Waals surface area contributed by atoms with Gasteiger partial charge in [0.05, 0.1) is 17.8 Å². The van der Waals surface area contributed by atoms with E-state index in [4.69, 9.17) is 17.2 Å². The molecule has 1 N–H and O–H groups in total. The van der Waals surface area contributed by atoms with Gasteiger partial charge in [-0.15, -0.1) is 0 Å². The molecule has 5 rings (SSSR count). The van der Waals surface area contributed by atoms with E-state index in [2.05, 4.69) is 106 Å². The zero-order valence-electron chi connectivity index (χ0n) is 19.6. The Bertz CT molecular complexity index is 1360. The van der Waals surface area contributed by atoms with Crippen molar-refractivity contribution >= 4 is 38.9 Å². The number of hydrogen-bond donors (Lipinski definition) is 1. The van der Waals surface area contributed by atoms with Crippen LogP contribution in [0.3, 0.4) is 0 Å². The summed E-state index contributed by atoms with van der Waals surface area (Å²) in [4.78, 5) is 11.6. The molecule has 0 saturated carbocycles. The fourth-order valence-corrected chi connectivity index (χ4v) is 5.35. The van der Waals surface area contributed by atoms with Crippen LogP contribution in [0, 0.1) is 27.7 Å². The van der Waals surface area contributed by atoms with Crippen molar-refractivity contribution in [2.24, 2.45) is 0 Å². The Labute approximate surface area is 214 Å². The predicted molar refractivity (Wildman–Crippen MR) is 145 cm³/mol. The monoisotopic (exact) mass is 531 g/mol. The van der Waals surface area contributed by atoms with Gasteiger partial charge in [0, 0.05) is 33.9 Å². The van der Waals surface area contributed by atoms with Crippen molar-refractivity contribution in [2.45, 2.75) is 39.8 Å². The van der Waals surface area contributed by atoms with Crippen molar-refractivity contribution in [3.8, 4) is 5.82 Å². The molecule has 4 heterocycles. The summed E-state index contributed by atoms with van der Waals surface area (Å²) in [6.45, 7) is 8.44. The molecule has 1 aliphatic heterocycles. The van der Waals surface area contributed by atoms with Crippen LogP contribution in [0.25, 0.3) is 5.82 Å². The van der Waals surface area contributed by atoms with Gasteiger partial charge in [-0.2, -0.15) is 0 Å². The zero-order chi connectivity index (χ0) is 24.0. The van der Waals surface area contributed by atoms with E-state index in [1.807, 2.05) is 24.5 Å². The number of aryl methyl sites for hydroxylation is 3. The highest BCUT2D eigenvalue weighted by Crippen LogP contribution is 2.44. The van der Waals surface area contributed by atoms with Gasteiger partial charge in [0.2, 0.25) is 0 Å². The smallest absolute Gasteiger partial charge is 0.174 e. The van der Waals surface area contributed by atoms with Gasteiger partial charge in [-0.05, 0) is 99.1 Å². The van der Waals surface area contributed by atoms with Crippen LogP contribution in [-0.4, -0.2) is 19.6 Å². The minimum absolute atomic E-state index is 0.0617. The van der Waals surface area contributed by atoms with E-state index in [1.165, 1.54) is 5.56 Å². The Morgan fingerprint density at radius 3 is 2.47 bits per heavy atom. The Kier molecular flexibility index (Phi) is 6.00. The number of anilines is 1. The van der Waals surface area contributed by atoms with Crippen LogP contribution in [0.4, 0.5) is 5.69 Å². The molecule has 1 aliphatic rings. The average molecular weight is 533 g/mol. The molecule has 34 heavy (non-hydrogen) atoms. The first kappa shape index (κ1) is 22.7. The molecule has 0 radical (unpaired) electrons. The normalized spacial score (nSPS) is 17.8. The first-order valence-electron chi connectivity index (χ1n) is 11.2. The van der Waals surface area contributed by atoms with Gasteiger partial charge in [-0.3, -0.25) is 4.98 Å². The van der Waals surface area contributed by atoms with Gasteiger partial charge in [-0.1, -0.05) is 28.1 Å². The molecule has 4 aromatic rings. The molecule has 172 valence electrons. The fourth-order valence-electron chi connectivity index (χ4n) is 4.76. The lowest BCUT2D eigenvalue weighted by Gasteiger charge is -2.28. The third-order valence-electron chi connectivity index (χ3n) is 6.43. The van der Waals surface area contributed by atoms with Gasteiger partial charge in [0.25, 0.3) is 0 Å². The average Bonchev–Trinajstić information content (AvgIpc) is 3.32. The van der Waals surface area contributed by atoms with Crippen molar-refractivity contribution in [1.29, 1.82) is 0 Å². The van der Waals surface area contributed by atoms with Crippen LogP contribution < -0.4 is 10.2 Å². The Balaban J connectivity index is 1.68. The van der Waals surface area contributed by atoms with Gasteiger partial charge in [-0.25, -0.2) is 4.98 Å². The van der Waals surface area contributed by atoms with E-state index in [9.17, 15) is 0 Å². The van der Waals surface area contributed by atoms with E-state index in [-0.39, 0.29) is 12.1 Å².